The normalized spacial score (nSPS) is 16.7. The van der Waals surface area contributed by atoms with E-state index in [1.165, 1.54) is 0 Å². The van der Waals surface area contributed by atoms with E-state index < -0.39 is 0 Å². The molecular formula is C20H27N5O3. The van der Waals surface area contributed by atoms with E-state index in [0.717, 1.165) is 11.3 Å². The van der Waals surface area contributed by atoms with E-state index in [1.807, 2.05) is 45.0 Å². The van der Waals surface area contributed by atoms with Crippen molar-refractivity contribution in [3.63, 3.8) is 0 Å². The quantitative estimate of drug-likeness (QED) is 0.825. The minimum absolute atomic E-state index is 0.0200. The molecule has 28 heavy (non-hydrogen) atoms. The molecule has 1 aromatic carbocycles. The Hall–Kier alpha value is -2.90. The minimum atomic E-state index is -0.212. The van der Waals surface area contributed by atoms with Crippen molar-refractivity contribution in [2.45, 2.75) is 45.6 Å². The molecule has 0 saturated carbocycles. The van der Waals surface area contributed by atoms with Gasteiger partial charge in [0.1, 0.15) is 0 Å². The lowest BCUT2D eigenvalue weighted by molar-refractivity contribution is -0.117. The Morgan fingerprint density at radius 3 is 2.89 bits per heavy atom. The molecule has 1 aliphatic rings. The number of likely N-dealkylation sites (N-methyl/N-ethyl adjacent to an activating group) is 1. The first kappa shape index (κ1) is 19.9. The van der Waals surface area contributed by atoms with Gasteiger partial charge in [0.05, 0.1) is 6.04 Å². The van der Waals surface area contributed by atoms with Gasteiger partial charge in [0.15, 0.2) is 5.82 Å². The Kier molecular flexibility index (Phi) is 5.96. The van der Waals surface area contributed by atoms with Gasteiger partial charge in [0.2, 0.25) is 11.8 Å². The predicted octanol–water partition coefficient (Wildman–Crippen LogP) is 2.49. The van der Waals surface area contributed by atoms with Crippen LogP contribution in [0.2, 0.25) is 0 Å². The van der Waals surface area contributed by atoms with Gasteiger partial charge in [-0.05, 0) is 24.6 Å². The van der Waals surface area contributed by atoms with E-state index >= 15 is 0 Å². The Bertz CT molecular complexity index is 848. The van der Waals surface area contributed by atoms with Gasteiger partial charge >= 0.3 is 6.03 Å². The summed E-state index contributed by atoms with van der Waals surface area (Å²) in [7, 11) is 1.72. The smallest absolute Gasteiger partial charge is 0.317 e. The monoisotopic (exact) mass is 385 g/mol. The SMILES string of the molecule is Cc1cccc(N2C[C@H](NC(=O)N(C)CCc3noc(C(C)C)n3)CC2=O)c1. The van der Waals surface area contributed by atoms with Crippen LogP contribution >= 0.6 is 0 Å². The molecule has 1 aliphatic heterocycles. The highest BCUT2D eigenvalue weighted by atomic mass is 16.5. The third-order valence-electron chi connectivity index (χ3n) is 4.76. The summed E-state index contributed by atoms with van der Waals surface area (Å²) in [6, 6.07) is 7.39. The predicted molar refractivity (Wildman–Crippen MR) is 105 cm³/mol. The van der Waals surface area contributed by atoms with Crippen LogP contribution in [-0.4, -0.2) is 53.2 Å². The fraction of sp³-hybridized carbons (Fsp3) is 0.500. The van der Waals surface area contributed by atoms with Crippen molar-refractivity contribution in [3.05, 3.63) is 41.5 Å². The standard InChI is InChI=1S/C20H27N5O3/c1-13(2)19-22-17(23-28-19)8-9-24(4)20(27)21-15-11-18(26)25(12-15)16-7-5-6-14(3)10-16/h5-7,10,13,15H,8-9,11-12H2,1-4H3,(H,21,27)/t15-/m1/s1. The van der Waals surface area contributed by atoms with E-state index in [9.17, 15) is 9.59 Å². The summed E-state index contributed by atoms with van der Waals surface area (Å²) in [6.07, 6.45) is 0.815. The first-order valence-electron chi connectivity index (χ1n) is 9.54. The number of nitrogens with zero attached hydrogens (tertiary/aromatic N) is 4. The lowest BCUT2D eigenvalue weighted by atomic mass is 10.2. The molecule has 0 spiro atoms. The van der Waals surface area contributed by atoms with Crippen LogP contribution in [0.1, 0.15) is 43.5 Å². The highest BCUT2D eigenvalue weighted by Gasteiger charge is 2.32. The molecule has 150 valence electrons. The third-order valence-corrected chi connectivity index (χ3v) is 4.76. The van der Waals surface area contributed by atoms with Crippen molar-refractivity contribution < 1.29 is 14.1 Å². The van der Waals surface area contributed by atoms with Crippen LogP contribution in [0.25, 0.3) is 0 Å². The topological polar surface area (TPSA) is 91.6 Å². The Morgan fingerprint density at radius 2 is 2.21 bits per heavy atom. The third kappa shape index (κ3) is 4.68. The summed E-state index contributed by atoms with van der Waals surface area (Å²) in [6.45, 7) is 6.90. The molecule has 3 rings (SSSR count). The molecular weight excluding hydrogens is 358 g/mol. The fourth-order valence-electron chi connectivity index (χ4n) is 3.11. The fourth-order valence-corrected chi connectivity index (χ4v) is 3.11. The lowest BCUT2D eigenvalue weighted by Gasteiger charge is -2.21. The molecule has 3 amide bonds. The summed E-state index contributed by atoms with van der Waals surface area (Å²) < 4.78 is 5.18. The summed E-state index contributed by atoms with van der Waals surface area (Å²) >= 11 is 0. The maximum Gasteiger partial charge on any atom is 0.317 e. The molecule has 1 fully saturated rings. The van der Waals surface area contributed by atoms with Gasteiger partial charge in [-0.1, -0.05) is 31.1 Å². The van der Waals surface area contributed by atoms with Crippen molar-refractivity contribution in [2.24, 2.45) is 0 Å². The Labute approximate surface area is 164 Å². The van der Waals surface area contributed by atoms with Crippen LogP contribution in [0.4, 0.5) is 10.5 Å². The molecule has 8 heteroatoms. The number of nitrogens with one attached hydrogen (secondary N) is 1. The van der Waals surface area contributed by atoms with Crippen LogP contribution in [0.5, 0.6) is 0 Å². The number of amides is 3. The number of carbonyl (C=O) groups excluding carboxylic acids is 2. The van der Waals surface area contributed by atoms with E-state index in [0.29, 0.717) is 37.6 Å². The van der Waals surface area contributed by atoms with Crippen molar-refractivity contribution in [3.8, 4) is 0 Å². The number of hydrogen-bond donors (Lipinski definition) is 1. The number of aryl methyl sites for hydroxylation is 1. The van der Waals surface area contributed by atoms with E-state index in [-0.39, 0.29) is 23.9 Å². The van der Waals surface area contributed by atoms with E-state index in [2.05, 4.69) is 15.5 Å². The molecule has 0 aliphatic carbocycles. The van der Waals surface area contributed by atoms with Gasteiger partial charge in [-0.3, -0.25) is 4.79 Å². The zero-order chi connectivity index (χ0) is 20.3. The molecule has 0 bridgehead atoms. The second kappa shape index (κ2) is 8.41. The Balaban J connectivity index is 1.50. The van der Waals surface area contributed by atoms with Crippen molar-refractivity contribution in [1.82, 2.24) is 20.4 Å². The molecule has 1 atom stereocenters. The molecule has 2 heterocycles. The molecule has 2 aromatic rings. The van der Waals surface area contributed by atoms with Gasteiger partial charge < -0.3 is 19.6 Å². The van der Waals surface area contributed by atoms with Crippen molar-refractivity contribution in [2.75, 3.05) is 25.0 Å². The van der Waals surface area contributed by atoms with Gasteiger partial charge in [-0.15, -0.1) is 0 Å². The Morgan fingerprint density at radius 1 is 1.43 bits per heavy atom. The summed E-state index contributed by atoms with van der Waals surface area (Å²) in [4.78, 5) is 32.4. The molecule has 8 nitrogen and oxygen atoms in total. The van der Waals surface area contributed by atoms with Crippen molar-refractivity contribution >= 4 is 17.6 Å². The average Bonchev–Trinajstić information content (AvgIpc) is 3.26. The van der Waals surface area contributed by atoms with Crippen molar-refractivity contribution in [1.29, 1.82) is 0 Å². The van der Waals surface area contributed by atoms with Crippen LogP contribution in [0, 0.1) is 6.92 Å². The number of urea groups is 1. The maximum absolute atomic E-state index is 12.5. The van der Waals surface area contributed by atoms with E-state index in [1.54, 1.807) is 16.8 Å². The van der Waals surface area contributed by atoms with Crippen LogP contribution in [0.15, 0.2) is 28.8 Å². The number of benzene rings is 1. The first-order valence-corrected chi connectivity index (χ1v) is 9.54. The van der Waals surface area contributed by atoms with Gasteiger partial charge in [0, 0.05) is 44.6 Å². The maximum atomic E-state index is 12.5. The summed E-state index contributed by atoms with van der Waals surface area (Å²) in [5.74, 6) is 1.39. The van der Waals surface area contributed by atoms with Crippen LogP contribution < -0.4 is 10.2 Å². The second-order valence-corrected chi connectivity index (χ2v) is 7.57. The zero-order valence-electron chi connectivity index (χ0n) is 16.8. The number of anilines is 1. The molecule has 0 radical (unpaired) electrons. The largest absolute Gasteiger partial charge is 0.339 e. The lowest BCUT2D eigenvalue weighted by Crippen LogP contribution is -2.44. The van der Waals surface area contributed by atoms with Crippen LogP contribution in [0.3, 0.4) is 0 Å². The van der Waals surface area contributed by atoms with Crippen LogP contribution in [-0.2, 0) is 11.2 Å². The number of rotatable bonds is 6. The first-order chi connectivity index (χ1) is 13.3. The molecule has 1 aromatic heterocycles. The molecule has 1 saturated heterocycles. The van der Waals surface area contributed by atoms with Gasteiger partial charge in [0.25, 0.3) is 0 Å². The zero-order valence-corrected chi connectivity index (χ0v) is 16.8. The highest BCUT2D eigenvalue weighted by Crippen LogP contribution is 2.22. The summed E-state index contributed by atoms with van der Waals surface area (Å²) in [5, 5.41) is 6.88. The highest BCUT2D eigenvalue weighted by molar-refractivity contribution is 5.96. The van der Waals surface area contributed by atoms with E-state index in [4.69, 9.17) is 4.52 Å². The number of hydrogen-bond acceptors (Lipinski definition) is 5. The average molecular weight is 385 g/mol. The molecule has 0 unspecified atom stereocenters. The number of aromatic nitrogens is 2. The summed E-state index contributed by atoms with van der Waals surface area (Å²) in [5.41, 5.74) is 1.97. The molecule has 1 N–H and O–H groups in total. The van der Waals surface area contributed by atoms with Gasteiger partial charge in [-0.2, -0.15) is 4.98 Å². The van der Waals surface area contributed by atoms with Gasteiger partial charge in [-0.25, -0.2) is 4.79 Å². The second-order valence-electron chi connectivity index (χ2n) is 7.57. The number of carbonyl (C=O) groups is 2. The minimum Gasteiger partial charge on any atom is -0.339 e.